The van der Waals surface area contributed by atoms with Crippen molar-refractivity contribution in [1.82, 2.24) is 19.9 Å². The van der Waals surface area contributed by atoms with E-state index in [1.165, 1.54) is 18.7 Å². The van der Waals surface area contributed by atoms with Crippen LogP contribution < -0.4 is 0 Å². The lowest BCUT2D eigenvalue weighted by Gasteiger charge is -2.10. The van der Waals surface area contributed by atoms with Crippen LogP contribution in [0, 0.1) is 6.92 Å². The SMILES string of the molecule is Cc1ccc(C2(c3noc(-c4cc(C(F)F)n(C)n4)n3)CC2)cc1. The van der Waals surface area contributed by atoms with Crippen molar-refractivity contribution in [2.24, 2.45) is 7.05 Å². The Balaban J connectivity index is 1.68. The fourth-order valence-corrected chi connectivity index (χ4v) is 2.95. The molecule has 1 aliphatic rings. The van der Waals surface area contributed by atoms with E-state index in [4.69, 9.17) is 4.52 Å². The first kappa shape index (κ1) is 15.0. The number of aromatic nitrogens is 4. The number of hydrogen-bond donors (Lipinski definition) is 0. The Morgan fingerprint density at radius 3 is 2.50 bits per heavy atom. The number of alkyl halides is 2. The van der Waals surface area contributed by atoms with Gasteiger partial charge in [-0.05, 0) is 31.4 Å². The minimum Gasteiger partial charge on any atom is -0.332 e. The molecule has 1 fully saturated rings. The first-order valence-electron chi connectivity index (χ1n) is 7.73. The summed E-state index contributed by atoms with van der Waals surface area (Å²) in [5.74, 6) is 0.761. The number of benzene rings is 1. The number of nitrogens with zero attached hydrogens (tertiary/aromatic N) is 4. The van der Waals surface area contributed by atoms with Gasteiger partial charge in [0, 0.05) is 7.05 Å². The van der Waals surface area contributed by atoms with Crippen LogP contribution >= 0.6 is 0 Å². The van der Waals surface area contributed by atoms with E-state index >= 15 is 0 Å². The Bertz CT molecular complexity index is 878. The molecule has 0 N–H and O–H groups in total. The van der Waals surface area contributed by atoms with Gasteiger partial charge in [0.2, 0.25) is 0 Å². The zero-order chi connectivity index (χ0) is 16.9. The lowest BCUT2D eigenvalue weighted by atomic mass is 9.94. The van der Waals surface area contributed by atoms with Crippen LogP contribution in [0.3, 0.4) is 0 Å². The first-order chi connectivity index (χ1) is 11.5. The van der Waals surface area contributed by atoms with E-state index in [2.05, 4.69) is 39.5 Å². The number of rotatable bonds is 4. The van der Waals surface area contributed by atoms with E-state index in [9.17, 15) is 8.78 Å². The van der Waals surface area contributed by atoms with Crippen molar-refractivity contribution in [3.63, 3.8) is 0 Å². The van der Waals surface area contributed by atoms with Gasteiger partial charge in [-0.2, -0.15) is 10.1 Å². The topological polar surface area (TPSA) is 56.7 Å². The van der Waals surface area contributed by atoms with Crippen LogP contribution in [-0.4, -0.2) is 19.9 Å². The standard InChI is InChI=1S/C17H16F2N4O/c1-10-3-5-11(6-4-10)17(7-8-17)16-20-15(24-22-16)12-9-13(14(18)19)23(2)21-12/h3-6,9,14H,7-8H2,1-2H3. The lowest BCUT2D eigenvalue weighted by Crippen LogP contribution is -2.10. The van der Waals surface area contributed by atoms with Gasteiger partial charge in [-0.25, -0.2) is 8.78 Å². The molecule has 5 nitrogen and oxygen atoms in total. The second-order valence-electron chi connectivity index (χ2n) is 6.25. The molecule has 7 heteroatoms. The molecule has 4 rings (SSSR count). The maximum Gasteiger partial charge on any atom is 0.280 e. The zero-order valence-corrected chi connectivity index (χ0v) is 13.3. The van der Waals surface area contributed by atoms with E-state index < -0.39 is 6.43 Å². The van der Waals surface area contributed by atoms with Crippen molar-refractivity contribution in [2.45, 2.75) is 31.6 Å². The minimum atomic E-state index is -2.60. The largest absolute Gasteiger partial charge is 0.332 e. The molecular weight excluding hydrogens is 314 g/mol. The highest BCUT2D eigenvalue weighted by Crippen LogP contribution is 2.52. The third-order valence-corrected chi connectivity index (χ3v) is 4.57. The highest BCUT2D eigenvalue weighted by atomic mass is 19.3. The van der Waals surface area contributed by atoms with Crippen molar-refractivity contribution < 1.29 is 13.3 Å². The third-order valence-electron chi connectivity index (χ3n) is 4.57. The predicted molar refractivity (Wildman–Crippen MR) is 82.7 cm³/mol. The second kappa shape index (κ2) is 5.22. The average Bonchev–Trinajstić information content (AvgIpc) is 3.03. The Labute approximate surface area is 137 Å². The molecule has 0 aliphatic heterocycles. The Hall–Kier alpha value is -2.57. The van der Waals surface area contributed by atoms with Crippen molar-refractivity contribution in [1.29, 1.82) is 0 Å². The normalized spacial score (nSPS) is 15.9. The van der Waals surface area contributed by atoms with E-state index in [0.29, 0.717) is 5.82 Å². The molecule has 0 unspecified atom stereocenters. The Morgan fingerprint density at radius 2 is 1.92 bits per heavy atom. The van der Waals surface area contributed by atoms with Gasteiger partial charge in [-0.3, -0.25) is 4.68 Å². The summed E-state index contributed by atoms with van der Waals surface area (Å²) in [6, 6.07) is 9.56. The minimum absolute atomic E-state index is 0.172. The molecule has 1 aromatic carbocycles. The van der Waals surface area contributed by atoms with Crippen LogP contribution in [0.4, 0.5) is 8.78 Å². The molecule has 0 saturated heterocycles. The molecular formula is C17H16F2N4O. The fraction of sp³-hybridized carbons (Fsp3) is 0.353. The van der Waals surface area contributed by atoms with Crippen LogP contribution in [-0.2, 0) is 12.5 Å². The molecule has 3 aromatic rings. The van der Waals surface area contributed by atoms with Gasteiger partial charge >= 0.3 is 0 Å². The quantitative estimate of drug-likeness (QED) is 0.730. The van der Waals surface area contributed by atoms with Crippen LogP contribution in [0.1, 0.15) is 41.9 Å². The molecule has 2 aromatic heterocycles. The van der Waals surface area contributed by atoms with E-state index in [-0.39, 0.29) is 22.7 Å². The van der Waals surface area contributed by atoms with E-state index in [1.807, 2.05) is 6.92 Å². The molecule has 0 atom stereocenters. The van der Waals surface area contributed by atoms with Gasteiger partial charge in [-0.15, -0.1) is 0 Å². The van der Waals surface area contributed by atoms with Crippen LogP contribution in [0.5, 0.6) is 0 Å². The van der Waals surface area contributed by atoms with Gasteiger partial charge in [0.05, 0.1) is 5.41 Å². The van der Waals surface area contributed by atoms with Crippen LogP contribution in [0.2, 0.25) is 0 Å². The summed E-state index contributed by atoms with van der Waals surface area (Å²) >= 11 is 0. The molecule has 24 heavy (non-hydrogen) atoms. The van der Waals surface area contributed by atoms with Gasteiger partial charge in [0.25, 0.3) is 12.3 Å². The van der Waals surface area contributed by atoms with Crippen molar-refractivity contribution in [3.8, 4) is 11.6 Å². The molecule has 0 spiro atoms. The van der Waals surface area contributed by atoms with Gasteiger partial charge in [0.1, 0.15) is 5.69 Å². The molecule has 0 amide bonds. The second-order valence-corrected chi connectivity index (χ2v) is 6.25. The number of hydrogen-bond acceptors (Lipinski definition) is 4. The Morgan fingerprint density at radius 1 is 1.21 bits per heavy atom. The summed E-state index contributed by atoms with van der Waals surface area (Å²) in [6.45, 7) is 2.04. The van der Waals surface area contributed by atoms with E-state index in [1.54, 1.807) is 0 Å². The Kier molecular flexibility index (Phi) is 3.26. The maximum atomic E-state index is 12.9. The summed E-state index contributed by atoms with van der Waals surface area (Å²) < 4.78 is 32.2. The number of halogens is 2. The average molecular weight is 330 g/mol. The van der Waals surface area contributed by atoms with Crippen molar-refractivity contribution in [2.75, 3.05) is 0 Å². The molecule has 124 valence electrons. The molecule has 2 heterocycles. The van der Waals surface area contributed by atoms with E-state index in [0.717, 1.165) is 23.1 Å². The number of aryl methyl sites for hydroxylation is 2. The van der Waals surface area contributed by atoms with Gasteiger partial charge < -0.3 is 4.52 Å². The monoisotopic (exact) mass is 330 g/mol. The molecule has 1 saturated carbocycles. The summed E-state index contributed by atoms with van der Waals surface area (Å²) in [5.41, 5.74) is 2.21. The molecule has 1 aliphatic carbocycles. The van der Waals surface area contributed by atoms with Crippen molar-refractivity contribution in [3.05, 3.63) is 53.0 Å². The smallest absolute Gasteiger partial charge is 0.280 e. The van der Waals surface area contributed by atoms with Gasteiger partial charge in [-0.1, -0.05) is 35.0 Å². The van der Waals surface area contributed by atoms with Gasteiger partial charge in [0.15, 0.2) is 11.5 Å². The highest BCUT2D eigenvalue weighted by Gasteiger charge is 2.50. The predicted octanol–water partition coefficient (Wildman–Crippen LogP) is 3.80. The summed E-state index contributed by atoms with van der Waals surface area (Å²) in [4.78, 5) is 4.43. The lowest BCUT2D eigenvalue weighted by molar-refractivity contribution is 0.141. The molecule has 0 radical (unpaired) electrons. The van der Waals surface area contributed by atoms with Crippen LogP contribution in [0.25, 0.3) is 11.6 Å². The highest BCUT2D eigenvalue weighted by molar-refractivity contribution is 5.49. The molecule has 0 bridgehead atoms. The van der Waals surface area contributed by atoms with Crippen molar-refractivity contribution >= 4 is 0 Å². The first-order valence-corrected chi connectivity index (χ1v) is 7.73. The third kappa shape index (κ3) is 2.31. The fourth-order valence-electron chi connectivity index (χ4n) is 2.95. The zero-order valence-electron chi connectivity index (χ0n) is 13.3. The van der Waals surface area contributed by atoms with Crippen LogP contribution in [0.15, 0.2) is 34.9 Å². The summed E-state index contributed by atoms with van der Waals surface area (Å²) in [6.07, 6.45) is -0.708. The summed E-state index contributed by atoms with van der Waals surface area (Å²) in [5, 5.41) is 8.13. The summed E-state index contributed by atoms with van der Waals surface area (Å²) in [7, 11) is 1.47. The maximum absolute atomic E-state index is 12.9.